The van der Waals surface area contributed by atoms with E-state index in [1.165, 1.54) is 11.1 Å². The summed E-state index contributed by atoms with van der Waals surface area (Å²) < 4.78 is 0. The summed E-state index contributed by atoms with van der Waals surface area (Å²) in [7, 11) is 0. The molecule has 1 heterocycles. The second-order valence-electron chi connectivity index (χ2n) is 9.14. The monoisotopic (exact) mass is 486 g/mol. The number of nitrogens with zero attached hydrogens (tertiary/aromatic N) is 1. The third-order valence-electron chi connectivity index (χ3n) is 6.66. The highest BCUT2D eigenvalue weighted by atomic mass is 16.4. The molecule has 1 aliphatic heterocycles. The fourth-order valence-electron chi connectivity index (χ4n) is 4.64. The molecule has 0 atom stereocenters. The van der Waals surface area contributed by atoms with Gasteiger partial charge in [0.25, 0.3) is 0 Å². The van der Waals surface area contributed by atoms with Gasteiger partial charge in [-0.15, -0.1) is 0 Å². The number of urea groups is 1. The Labute approximate surface area is 212 Å². The molecule has 0 radical (unpaired) electrons. The van der Waals surface area contributed by atoms with Crippen LogP contribution in [0.4, 0.5) is 15.3 Å². The molecule has 3 aromatic carbocycles. The zero-order valence-corrected chi connectivity index (χ0v) is 20.4. The van der Waals surface area contributed by atoms with Crippen molar-refractivity contribution in [1.82, 2.24) is 15.5 Å². The molecule has 36 heavy (non-hydrogen) atoms. The molecule has 3 aromatic rings. The maximum Gasteiger partial charge on any atom is 0.404 e. The van der Waals surface area contributed by atoms with Gasteiger partial charge in [0.15, 0.2) is 0 Å². The van der Waals surface area contributed by atoms with E-state index < -0.39 is 6.09 Å². The predicted molar refractivity (Wildman–Crippen MR) is 143 cm³/mol. The van der Waals surface area contributed by atoms with E-state index in [2.05, 4.69) is 40.2 Å². The quantitative estimate of drug-likeness (QED) is 0.346. The van der Waals surface area contributed by atoms with Gasteiger partial charge in [0.05, 0.1) is 0 Å². The van der Waals surface area contributed by atoms with Crippen LogP contribution in [0.3, 0.4) is 0 Å². The third-order valence-corrected chi connectivity index (χ3v) is 6.66. The standard InChI is InChI=1S/C29H34N4O3/c34-28(31-21-27(23-7-3-1-4-8-23)24-9-5-2-6-10-24)33-19-16-26(17-20-33)32-25-13-11-22(12-14-25)15-18-30-29(35)36/h1-14,26-27,30,32H,15-21H2,(H,31,34)(H,35,36). The van der Waals surface area contributed by atoms with E-state index in [0.717, 1.165) is 24.1 Å². The van der Waals surface area contributed by atoms with Crippen molar-refractivity contribution >= 4 is 17.8 Å². The van der Waals surface area contributed by atoms with E-state index in [0.29, 0.717) is 38.6 Å². The van der Waals surface area contributed by atoms with Crippen LogP contribution in [0.5, 0.6) is 0 Å². The lowest BCUT2D eigenvalue weighted by Crippen LogP contribution is -2.47. The molecule has 1 aliphatic rings. The van der Waals surface area contributed by atoms with Crippen LogP contribution in [0.25, 0.3) is 0 Å². The Bertz CT molecular complexity index is 1060. The van der Waals surface area contributed by atoms with Crippen LogP contribution < -0.4 is 16.0 Å². The molecule has 4 N–H and O–H groups in total. The number of likely N-dealkylation sites (tertiary alicyclic amines) is 1. The first kappa shape index (κ1) is 25.1. The maximum absolute atomic E-state index is 12.9. The lowest BCUT2D eigenvalue weighted by molar-refractivity contribution is 0.183. The van der Waals surface area contributed by atoms with Crippen LogP contribution >= 0.6 is 0 Å². The van der Waals surface area contributed by atoms with E-state index in [-0.39, 0.29) is 11.9 Å². The fourth-order valence-corrected chi connectivity index (χ4v) is 4.64. The minimum atomic E-state index is -1.000. The topological polar surface area (TPSA) is 93.7 Å². The molecular formula is C29H34N4O3. The van der Waals surface area contributed by atoms with Crippen LogP contribution in [0.1, 0.15) is 35.4 Å². The lowest BCUT2D eigenvalue weighted by Gasteiger charge is -2.33. The number of amides is 3. The number of hydrogen-bond donors (Lipinski definition) is 4. The summed E-state index contributed by atoms with van der Waals surface area (Å²) in [6.45, 7) is 2.38. The highest BCUT2D eigenvalue weighted by molar-refractivity contribution is 5.74. The number of rotatable bonds is 9. The summed E-state index contributed by atoms with van der Waals surface area (Å²) in [4.78, 5) is 25.4. The molecule has 0 aliphatic carbocycles. The first-order valence-corrected chi connectivity index (χ1v) is 12.5. The third kappa shape index (κ3) is 7.25. The summed E-state index contributed by atoms with van der Waals surface area (Å²) in [6.07, 6.45) is 1.44. The Morgan fingerprint density at radius 3 is 1.97 bits per heavy atom. The maximum atomic E-state index is 12.9. The summed E-state index contributed by atoms with van der Waals surface area (Å²) in [5.74, 6) is 0.110. The van der Waals surface area contributed by atoms with Crippen molar-refractivity contribution in [2.75, 3.05) is 31.5 Å². The van der Waals surface area contributed by atoms with Crippen LogP contribution in [0, 0.1) is 0 Å². The molecule has 7 nitrogen and oxygen atoms in total. The highest BCUT2D eigenvalue weighted by Crippen LogP contribution is 2.24. The molecule has 0 bridgehead atoms. The second kappa shape index (κ2) is 12.6. The van der Waals surface area contributed by atoms with E-state index in [9.17, 15) is 9.59 Å². The van der Waals surface area contributed by atoms with E-state index in [4.69, 9.17) is 5.11 Å². The molecule has 0 spiro atoms. The number of carbonyl (C=O) groups is 2. The molecule has 188 valence electrons. The average Bonchev–Trinajstić information content (AvgIpc) is 2.91. The number of anilines is 1. The molecular weight excluding hydrogens is 452 g/mol. The van der Waals surface area contributed by atoms with Crippen molar-refractivity contribution in [1.29, 1.82) is 0 Å². The average molecular weight is 487 g/mol. The van der Waals surface area contributed by atoms with E-state index in [1.54, 1.807) is 0 Å². The van der Waals surface area contributed by atoms with Crippen molar-refractivity contribution in [2.24, 2.45) is 0 Å². The zero-order valence-electron chi connectivity index (χ0n) is 20.4. The second-order valence-corrected chi connectivity index (χ2v) is 9.14. The normalized spacial score (nSPS) is 13.9. The van der Waals surface area contributed by atoms with Gasteiger partial charge in [-0.05, 0) is 48.1 Å². The molecule has 1 saturated heterocycles. The van der Waals surface area contributed by atoms with Crippen molar-refractivity contribution in [3.8, 4) is 0 Å². The number of benzene rings is 3. The van der Waals surface area contributed by atoms with E-state index in [1.807, 2.05) is 65.6 Å². The Morgan fingerprint density at radius 2 is 1.42 bits per heavy atom. The largest absolute Gasteiger partial charge is 0.465 e. The van der Waals surface area contributed by atoms with Crippen molar-refractivity contribution in [3.05, 3.63) is 102 Å². The van der Waals surface area contributed by atoms with Gasteiger partial charge in [-0.25, -0.2) is 9.59 Å². The van der Waals surface area contributed by atoms with Gasteiger partial charge in [-0.3, -0.25) is 0 Å². The number of nitrogens with one attached hydrogen (secondary N) is 3. The van der Waals surface area contributed by atoms with E-state index >= 15 is 0 Å². The molecule has 1 fully saturated rings. The minimum absolute atomic E-state index is 0.00960. The van der Waals surface area contributed by atoms with Gasteiger partial charge in [-0.1, -0.05) is 72.8 Å². The Morgan fingerprint density at radius 1 is 0.833 bits per heavy atom. The van der Waals surface area contributed by atoms with Crippen LogP contribution in [0.15, 0.2) is 84.9 Å². The van der Waals surface area contributed by atoms with Crippen LogP contribution in [-0.4, -0.2) is 54.4 Å². The molecule has 7 heteroatoms. The molecule has 3 amide bonds. The number of carbonyl (C=O) groups excluding carboxylic acids is 1. The fraction of sp³-hybridized carbons (Fsp3) is 0.310. The Kier molecular flexibility index (Phi) is 8.81. The van der Waals surface area contributed by atoms with Gasteiger partial charge in [-0.2, -0.15) is 0 Å². The smallest absolute Gasteiger partial charge is 0.404 e. The Hall–Kier alpha value is -4.00. The summed E-state index contributed by atoms with van der Waals surface area (Å²) in [5, 5.41) is 17.8. The van der Waals surface area contributed by atoms with Gasteiger partial charge in [0.1, 0.15) is 0 Å². The zero-order chi connectivity index (χ0) is 25.2. The first-order valence-electron chi connectivity index (χ1n) is 12.5. The van der Waals surface area contributed by atoms with Crippen molar-refractivity contribution in [3.63, 3.8) is 0 Å². The summed E-state index contributed by atoms with van der Waals surface area (Å²) >= 11 is 0. The predicted octanol–water partition coefficient (Wildman–Crippen LogP) is 4.91. The highest BCUT2D eigenvalue weighted by Gasteiger charge is 2.24. The van der Waals surface area contributed by atoms with Crippen LogP contribution in [0.2, 0.25) is 0 Å². The molecule has 0 saturated carbocycles. The lowest BCUT2D eigenvalue weighted by atomic mass is 9.91. The first-order chi connectivity index (χ1) is 17.6. The molecule has 0 unspecified atom stereocenters. The molecule has 0 aromatic heterocycles. The summed E-state index contributed by atoms with van der Waals surface area (Å²) in [5.41, 5.74) is 4.51. The van der Waals surface area contributed by atoms with Gasteiger partial charge in [0.2, 0.25) is 0 Å². The number of carboxylic acid groups (broad SMARTS) is 1. The van der Waals surface area contributed by atoms with Gasteiger partial charge in [0, 0.05) is 43.8 Å². The minimum Gasteiger partial charge on any atom is -0.465 e. The summed E-state index contributed by atoms with van der Waals surface area (Å²) in [6, 6.07) is 29.0. The number of hydrogen-bond acceptors (Lipinski definition) is 3. The Balaban J connectivity index is 1.24. The number of piperidine rings is 1. The van der Waals surface area contributed by atoms with Gasteiger partial charge >= 0.3 is 12.1 Å². The SMILES string of the molecule is O=C(O)NCCc1ccc(NC2CCN(C(=O)NCC(c3ccccc3)c3ccccc3)CC2)cc1. The van der Waals surface area contributed by atoms with Crippen LogP contribution in [-0.2, 0) is 6.42 Å². The van der Waals surface area contributed by atoms with Crippen molar-refractivity contribution in [2.45, 2.75) is 31.2 Å². The molecule has 4 rings (SSSR count). The van der Waals surface area contributed by atoms with Gasteiger partial charge < -0.3 is 26.0 Å². The van der Waals surface area contributed by atoms with Crippen molar-refractivity contribution < 1.29 is 14.7 Å².